The number of nitrogens with one attached hydrogen (secondary N) is 1. The van der Waals surface area contributed by atoms with Gasteiger partial charge in [0.2, 0.25) is 0 Å². The fourth-order valence-corrected chi connectivity index (χ4v) is 2.04. The predicted octanol–water partition coefficient (Wildman–Crippen LogP) is 2.26. The fraction of sp³-hybridized carbons (Fsp3) is 0.188. The Balaban J connectivity index is 2.07. The highest BCUT2D eigenvalue weighted by atomic mass is 19.1. The maximum atomic E-state index is 13.2. The lowest BCUT2D eigenvalue weighted by atomic mass is 10.1. The van der Waals surface area contributed by atoms with Gasteiger partial charge in [0.15, 0.2) is 0 Å². The summed E-state index contributed by atoms with van der Waals surface area (Å²) >= 11 is 0. The number of phenols is 1. The van der Waals surface area contributed by atoms with Crippen LogP contribution in [-0.2, 0) is 13.2 Å². The van der Waals surface area contributed by atoms with Crippen molar-refractivity contribution < 1.29 is 19.4 Å². The van der Waals surface area contributed by atoms with Crippen molar-refractivity contribution in [2.45, 2.75) is 20.1 Å². The highest BCUT2D eigenvalue weighted by Crippen LogP contribution is 2.15. The van der Waals surface area contributed by atoms with Crippen molar-refractivity contribution in [3.63, 3.8) is 0 Å². The van der Waals surface area contributed by atoms with Crippen LogP contribution in [0.15, 0.2) is 36.4 Å². The van der Waals surface area contributed by atoms with E-state index in [1.165, 1.54) is 18.2 Å². The van der Waals surface area contributed by atoms with Crippen molar-refractivity contribution >= 4 is 5.91 Å². The van der Waals surface area contributed by atoms with Crippen LogP contribution in [0.2, 0.25) is 0 Å². The Kier molecular flexibility index (Phi) is 4.55. The molecular formula is C16H16FNO3. The van der Waals surface area contributed by atoms with Crippen LogP contribution in [-0.4, -0.2) is 16.1 Å². The zero-order chi connectivity index (χ0) is 15.4. The van der Waals surface area contributed by atoms with Crippen LogP contribution >= 0.6 is 0 Å². The van der Waals surface area contributed by atoms with Crippen LogP contribution in [0.4, 0.5) is 4.39 Å². The average Bonchev–Trinajstić information content (AvgIpc) is 2.45. The van der Waals surface area contributed by atoms with Gasteiger partial charge >= 0.3 is 0 Å². The number of rotatable bonds is 4. The Labute approximate surface area is 121 Å². The van der Waals surface area contributed by atoms with E-state index >= 15 is 0 Å². The van der Waals surface area contributed by atoms with E-state index in [4.69, 9.17) is 5.11 Å². The molecular weight excluding hydrogens is 273 g/mol. The largest absolute Gasteiger partial charge is 0.508 e. The summed E-state index contributed by atoms with van der Waals surface area (Å²) in [7, 11) is 0. The van der Waals surface area contributed by atoms with Crippen LogP contribution in [0, 0.1) is 12.7 Å². The average molecular weight is 289 g/mol. The first-order valence-corrected chi connectivity index (χ1v) is 6.46. The van der Waals surface area contributed by atoms with Gasteiger partial charge in [0.25, 0.3) is 5.91 Å². The number of aliphatic hydroxyl groups is 1. The summed E-state index contributed by atoms with van der Waals surface area (Å²) in [6, 6.07) is 8.91. The Hall–Kier alpha value is -2.40. The van der Waals surface area contributed by atoms with Gasteiger partial charge in [0, 0.05) is 17.7 Å². The van der Waals surface area contributed by atoms with Crippen molar-refractivity contribution in [2.24, 2.45) is 0 Å². The molecule has 0 saturated heterocycles. The smallest absolute Gasteiger partial charge is 0.251 e. The number of carbonyl (C=O) groups is 1. The molecule has 0 heterocycles. The molecule has 0 fully saturated rings. The fourth-order valence-electron chi connectivity index (χ4n) is 2.04. The second kappa shape index (κ2) is 6.37. The Morgan fingerprint density at radius 3 is 2.67 bits per heavy atom. The van der Waals surface area contributed by atoms with E-state index in [9.17, 15) is 14.3 Å². The summed E-state index contributed by atoms with van der Waals surface area (Å²) in [5, 5.41) is 21.2. The quantitative estimate of drug-likeness (QED) is 0.808. The van der Waals surface area contributed by atoms with E-state index in [0.717, 1.165) is 5.56 Å². The minimum absolute atomic E-state index is 0.0319. The molecule has 110 valence electrons. The van der Waals surface area contributed by atoms with Gasteiger partial charge in [-0.1, -0.05) is 6.07 Å². The number of aryl methyl sites for hydroxylation is 1. The van der Waals surface area contributed by atoms with E-state index in [1.54, 1.807) is 25.1 Å². The molecule has 2 rings (SSSR count). The predicted molar refractivity (Wildman–Crippen MR) is 76.3 cm³/mol. The number of amides is 1. The van der Waals surface area contributed by atoms with Gasteiger partial charge in [-0.2, -0.15) is 0 Å². The SMILES string of the molecule is Cc1cc(O)cc(C(=O)NCc2ccc(F)c(CO)c2)c1. The molecule has 0 aliphatic carbocycles. The van der Waals surface area contributed by atoms with E-state index in [-0.39, 0.29) is 30.4 Å². The molecule has 0 bridgehead atoms. The lowest BCUT2D eigenvalue weighted by Gasteiger charge is -2.08. The zero-order valence-electron chi connectivity index (χ0n) is 11.6. The highest BCUT2D eigenvalue weighted by molar-refractivity contribution is 5.94. The number of halogens is 1. The van der Waals surface area contributed by atoms with Crippen LogP contribution in [0.25, 0.3) is 0 Å². The summed E-state index contributed by atoms with van der Waals surface area (Å²) in [6.07, 6.45) is 0. The number of aliphatic hydroxyl groups excluding tert-OH is 1. The van der Waals surface area contributed by atoms with Gasteiger partial charge in [-0.3, -0.25) is 4.79 Å². The Bertz CT molecular complexity index is 650. The molecule has 0 spiro atoms. The van der Waals surface area contributed by atoms with Gasteiger partial charge in [-0.05, 0) is 48.4 Å². The Morgan fingerprint density at radius 2 is 2.00 bits per heavy atom. The molecule has 2 aromatic carbocycles. The number of phenolic OH excluding ortho intramolecular Hbond substituents is 1. The van der Waals surface area contributed by atoms with Crippen molar-refractivity contribution in [1.29, 1.82) is 0 Å². The molecule has 2 aromatic rings. The van der Waals surface area contributed by atoms with Crippen LogP contribution in [0.5, 0.6) is 5.75 Å². The van der Waals surface area contributed by atoms with Crippen molar-refractivity contribution in [3.05, 3.63) is 64.5 Å². The topological polar surface area (TPSA) is 69.6 Å². The van der Waals surface area contributed by atoms with Gasteiger partial charge < -0.3 is 15.5 Å². The molecule has 0 unspecified atom stereocenters. The molecule has 5 heteroatoms. The van der Waals surface area contributed by atoms with Crippen LogP contribution in [0.1, 0.15) is 27.0 Å². The van der Waals surface area contributed by atoms with Crippen molar-refractivity contribution in [1.82, 2.24) is 5.32 Å². The van der Waals surface area contributed by atoms with Crippen LogP contribution in [0.3, 0.4) is 0 Å². The Morgan fingerprint density at radius 1 is 1.24 bits per heavy atom. The van der Waals surface area contributed by atoms with Crippen molar-refractivity contribution in [2.75, 3.05) is 0 Å². The monoisotopic (exact) mass is 289 g/mol. The number of hydrogen-bond donors (Lipinski definition) is 3. The normalized spacial score (nSPS) is 10.4. The van der Waals surface area contributed by atoms with E-state index in [0.29, 0.717) is 11.1 Å². The van der Waals surface area contributed by atoms with Crippen LogP contribution < -0.4 is 5.32 Å². The summed E-state index contributed by atoms with van der Waals surface area (Å²) in [6.45, 7) is 1.60. The second-order valence-corrected chi connectivity index (χ2v) is 4.82. The van der Waals surface area contributed by atoms with E-state index in [1.807, 2.05) is 0 Å². The standard InChI is InChI=1S/C16H16FNO3/c1-10-4-12(7-14(20)5-10)16(21)18-8-11-2-3-15(17)13(6-11)9-19/h2-7,19-20H,8-9H2,1H3,(H,18,21). The molecule has 0 aliphatic heterocycles. The first kappa shape index (κ1) is 15.0. The maximum Gasteiger partial charge on any atom is 0.251 e. The second-order valence-electron chi connectivity index (χ2n) is 4.82. The first-order chi connectivity index (χ1) is 9.99. The van der Waals surface area contributed by atoms with E-state index < -0.39 is 5.82 Å². The lowest BCUT2D eigenvalue weighted by molar-refractivity contribution is 0.0950. The molecule has 0 radical (unpaired) electrons. The molecule has 4 nitrogen and oxygen atoms in total. The number of benzene rings is 2. The molecule has 1 amide bonds. The molecule has 0 saturated carbocycles. The third-order valence-corrected chi connectivity index (χ3v) is 3.06. The minimum Gasteiger partial charge on any atom is -0.508 e. The van der Waals surface area contributed by atoms with E-state index in [2.05, 4.69) is 5.32 Å². The van der Waals surface area contributed by atoms with Gasteiger partial charge in [-0.15, -0.1) is 0 Å². The molecule has 3 N–H and O–H groups in total. The zero-order valence-corrected chi connectivity index (χ0v) is 11.6. The van der Waals surface area contributed by atoms with Gasteiger partial charge in [0.05, 0.1) is 6.61 Å². The van der Waals surface area contributed by atoms with Gasteiger partial charge in [0.1, 0.15) is 11.6 Å². The third kappa shape index (κ3) is 3.79. The summed E-state index contributed by atoms with van der Waals surface area (Å²) in [4.78, 5) is 12.0. The summed E-state index contributed by atoms with van der Waals surface area (Å²) < 4.78 is 13.2. The molecule has 21 heavy (non-hydrogen) atoms. The van der Waals surface area contributed by atoms with Crippen molar-refractivity contribution in [3.8, 4) is 5.75 Å². The number of carbonyl (C=O) groups excluding carboxylic acids is 1. The van der Waals surface area contributed by atoms with Gasteiger partial charge in [-0.25, -0.2) is 4.39 Å². The highest BCUT2D eigenvalue weighted by Gasteiger charge is 2.08. The number of aromatic hydroxyl groups is 1. The summed E-state index contributed by atoms with van der Waals surface area (Å²) in [5.41, 5.74) is 2.02. The molecule has 0 aliphatic rings. The minimum atomic E-state index is -0.476. The third-order valence-electron chi connectivity index (χ3n) is 3.06. The first-order valence-electron chi connectivity index (χ1n) is 6.46. The maximum absolute atomic E-state index is 13.2. The molecule has 0 aromatic heterocycles. The summed E-state index contributed by atoms with van der Waals surface area (Å²) in [5.74, 6) is -0.774. The number of hydrogen-bond acceptors (Lipinski definition) is 3. The lowest BCUT2D eigenvalue weighted by Crippen LogP contribution is -2.23. The molecule has 0 atom stereocenters.